The molecule has 1 atom stereocenters. The van der Waals surface area contributed by atoms with Crippen LogP contribution in [0.1, 0.15) is 17.2 Å². The van der Waals surface area contributed by atoms with Gasteiger partial charge in [0.1, 0.15) is 17.3 Å². The van der Waals surface area contributed by atoms with E-state index >= 15 is 0 Å². The molecule has 2 aromatic carbocycles. The summed E-state index contributed by atoms with van der Waals surface area (Å²) in [4.78, 5) is 29.1. The Kier molecular flexibility index (Phi) is 6.34. The van der Waals surface area contributed by atoms with Crippen LogP contribution in [-0.4, -0.2) is 66.0 Å². The Balaban J connectivity index is 2.18. The second-order valence-corrected chi connectivity index (χ2v) is 7.67. The summed E-state index contributed by atoms with van der Waals surface area (Å²) in [7, 11) is 5.27. The van der Waals surface area contributed by atoms with Crippen LogP contribution >= 0.6 is 11.6 Å². The number of rotatable bonds is 6. The first-order chi connectivity index (χ1) is 14.2. The van der Waals surface area contributed by atoms with E-state index in [0.29, 0.717) is 17.9 Å². The standard InChI is InChI=1S/C22H23ClN2O5/c1-24(2)10-11-25-19(13-4-7-15(30-3)8-5-13)18(21(28)22(25)29)20(27)16-12-14(23)6-9-17(16)26/h4-9,12,19,26-27H,10-11H2,1-3H3. The number of aliphatic hydroxyl groups is 1. The number of amides is 1. The smallest absolute Gasteiger partial charge is 0.295 e. The lowest BCUT2D eigenvalue weighted by molar-refractivity contribution is -0.140. The second-order valence-electron chi connectivity index (χ2n) is 7.23. The largest absolute Gasteiger partial charge is 0.507 e. The molecule has 1 heterocycles. The van der Waals surface area contributed by atoms with Gasteiger partial charge in [0, 0.05) is 18.1 Å². The van der Waals surface area contributed by atoms with E-state index < -0.39 is 23.5 Å². The van der Waals surface area contributed by atoms with Gasteiger partial charge in [0.2, 0.25) is 0 Å². The molecule has 1 amide bonds. The van der Waals surface area contributed by atoms with E-state index in [4.69, 9.17) is 16.3 Å². The van der Waals surface area contributed by atoms with E-state index in [1.807, 2.05) is 19.0 Å². The van der Waals surface area contributed by atoms with Crippen molar-refractivity contribution in [3.63, 3.8) is 0 Å². The molecular formula is C22H23ClN2O5. The van der Waals surface area contributed by atoms with Crippen LogP contribution in [0.4, 0.5) is 0 Å². The van der Waals surface area contributed by atoms with Crippen LogP contribution in [0.25, 0.3) is 5.76 Å². The van der Waals surface area contributed by atoms with Crippen molar-refractivity contribution in [3.8, 4) is 11.5 Å². The zero-order chi connectivity index (χ0) is 22.0. The molecule has 0 spiro atoms. The van der Waals surface area contributed by atoms with Crippen molar-refractivity contribution in [2.45, 2.75) is 6.04 Å². The average Bonchev–Trinajstić information content (AvgIpc) is 2.98. The van der Waals surface area contributed by atoms with E-state index in [1.165, 1.54) is 23.1 Å². The molecule has 0 aliphatic carbocycles. The number of methoxy groups -OCH3 is 1. The summed E-state index contributed by atoms with van der Waals surface area (Å²) in [6.45, 7) is 0.814. The van der Waals surface area contributed by atoms with Crippen LogP contribution in [0.3, 0.4) is 0 Å². The number of Topliss-reactive ketones (excluding diaryl/α,β-unsaturated/α-hetero) is 1. The van der Waals surface area contributed by atoms with E-state index in [2.05, 4.69) is 0 Å². The Morgan fingerprint density at radius 1 is 1.17 bits per heavy atom. The lowest BCUT2D eigenvalue weighted by Gasteiger charge is -2.26. The molecular weight excluding hydrogens is 408 g/mol. The fraction of sp³-hybridized carbons (Fsp3) is 0.273. The highest BCUT2D eigenvalue weighted by atomic mass is 35.5. The van der Waals surface area contributed by atoms with Crippen LogP contribution < -0.4 is 4.74 Å². The number of aliphatic hydroxyl groups excluding tert-OH is 1. The molecule has 3 rings (SSSR count). The molecule has 0 radical (unpaired) electrons. The molecule has 7 nitrogen and oxygen atoms in total. The summed E-state index contributed by atoms with van der Waals surface area (Å²) in [6, 6.07) is 10.2. The maximum Gasteiger partial charge on any atom is 0.295 e. The van der Waals surface area contributed by atoms with Crippen molar-refractivity contribution < 1.29 is 24.5 Å². The van der Waals surface area contributed by atoms with Crippen LogP contribution in [0, 0.1) is 0 Å². The van der Waals surface area contributed by atoms with Gasteiger partial charge in [0.15, 0.2) is 0 Å². The number of carbonyl (C=O) groups excluding carboxylic acids is 2. The zero-order valence-electron chi connectivity index (χ0n) is 16.9. The first-order valence-electron chi connectivity index (χ1n) is 9.30. The van der Waals surface area contributed by atoms with Gasteiger partial charge in [-0.15, -0.1) is 0 Å². The Morgan fingerprint density at radius 3 is 2.43 bits per heavy atom. The Labute approximate surface area is 179 Å². The predicted octanol–water partition coefficient (Wildman–Crippen LogP) is 3.04. The molecule has 2 N–H and O–H groups in total. The number of likely N-dealkylation sites (tertiary alicyclic amines) is 1. The van der Waals surface area contributed by atoms with Gasteiger partial charge in [-0.3, -0.25) is 9.59 Å². The third kappa shape index (κ3) is 4.13. The minimum Gasteiger partial charge on any atom is -0.507 e. The van der Waals surface area contributed by atoms with Crippen molar-refractivity contribution in [2.24, 2.45) is 0 Å². The number of ether oxygens (including phenoxy) is 1. The van der Waals surface area contributed by atoms with Crippen molar-refractivity contribution in [1.29, 1.82) is 0 Å². The summed E-state index contributed by atoms with van der Waals surface area (Å²) in [5.41, 5.74) is 0.532. The maximum absolute atomic E-state index is 12.9. The first-order valence-corrected chi connectivity index (χ1v) is 9.68. The van der Waals surface area contributed by atoms with Gasteiger partial charge in [-0.1, -0.05) is 23.7 Å². The summed E-state index contributed by atoms with van der Waals surface area (Å²) in [6.07, 6.45) is 0. The van der Waals surface area contributed by atoms with Gasteiger partial charge >= 0.3 is 0 Å². The van der Waals surface area contributed by atoms with Gasteiger partial charge in [0.05, 0.1) is 24.3 Å². The quantitative estimate of drug-likeness (QED) is 0.416. The number of hydrogen-bond donors (Lipinski definition) is 2. The molecule has 0 bridgehead atoms. The van der Waals surface area contributed by atoms with Crippen LogP contribution in [0.5, 0.6) is 11.5 Å². The predicted molar refractivity (Wildman–Crippen MR) is 114 cm³/mol. The molecule has 1 unspecified atom stereocenters. The molecule has 0 aromatic heterocycles. The van der Waals surface area contributed by atoms with E-state index in [-0.39, 0.29) is 28.5 Å². The summed E-state index contributed by atoms with van der Waals surface area (Å²) < 4.78 is 5.19. The fourth-order valence-electron chi connectivity index (χ4n) is 3.39. The molecule has 1 aliphatic heterocycles. The highest BCUT2D eigenvalue weighted by Gasteiger charge is 2.46. The second kappa shape index (κ2) is 8.77. The first kappa shape index (κ1) is 21.7. The third-order valence-corrected chi connectivity index (χ3v) is 5.21. The van der Waals surface area contributed by atoms with Crippen LogP contribution in [0.2, 0.25) is 5.02 Å². The molecule has 0 saturated carbocycles. The van der Waals surface area contributed by atoms with Gasteiger partial charge < -0.3 is 24.7 Å². The van der Waals surface area contributed by atoms with Crippen LogP contribution in [0.15, 0.2) is 48.0 Å². The number of phenols is 1. The SMILES string of the molecule is COc1ccc(C2C(=C(O)c3cc(Cl)ccc3O)C(=O)C(=O)N2CCN(C)C)cc1. The number of phenolic OH excluding ortho intramolecular Hbond substituents is 1. The molecule has 158 valence electrons. The average molecular weight is 431 g/mol. The zero-order valence-corrected chi connectivity index (χ0v) is 17.7. The molecule has 1 aliphatic rings. The Morgan fingerprint density at radius 2 is 1.83 bits per heavy atom. The molecule has 1 fully saturated rings. The van der Waals surface area contributed by atoms with E-state index in [0.717, 1.165) is 0 Å². The van der Waals surface area contributed by atoms with E-state index in [1.54, 1.807) is 31.4 Å². The monoisotopic (exact) mass is 430 g/mol. The summed E-state index contributed by atoms with van der Waals surface area (Å²) in [5.74, 6) is -1.62. The number of nitrogens with zero attached hydrogens (tertiary/aromatic N) is 2. The molecule has 2 aromatic rings. The lowest BCUT2D eigenvalue weighted by Crippen LogP contribution is -2.35. The minimum absolute atomic E-state index is 0.00776. The highest BCUT2D eigenvalue weighted by molar-refractivity contribution is 6.46. The number of hydrogen-bond acceptors (Lipinski definition) is 6. The number of benzene rings is 2. The van der Waals surface area contributed by atoms with Crippen LogP contribution in [-0.2, 0) is 9.59 Å². The normalized spacial score (nSPS) is 18.3. The lowest BCUT2D eigenvalue weighted by atomic mass is 9.95. The van der Waals surface area contributed by atoms with Crippen molar-refractivity contribution in [3.05, 3.63) is 64.2 Å². The number of likely N-dealkylation sites (N-methyl/N-ethyl adjacent to an activating group) is 1. The topological polar surface area (TPSA) is 90.3 Å². The highest BCUT2D eigenvalue weighted by Crippen LogP contribution is 2.41. The summed E-state index contributed by atoms with van der Waals surface area (Å²) in [5, 5.41) is 21.4. The van der Waals surface area contributed by atoms with Crippen molar-refractivity contribution >= 4 is 29.1 Å². The van der Waals surface area contributed by atoms with Crippen molar-refractivity contribution in [1.82, 2.24) is 9.80 Å². The molecule has 30 heavy (non-hydrogen) atoms. The minimum atomic E-state index is -0.813. The maximum atomic E-state index is 12.9. The number of halogens is 1. The fourth-order valence-corrected chi connectivity index (χ4v) is 3.57. The van der Waals surface area contributed by atoms with E-state index in [9.17, 15) is 19.8 Å². The van der Waals surface area contributed by atoms with Gasteiger partial charge in [0.25, 0.3) is 11.7 Å². The van der Waals surface area contributed by atoms with Gasteiger partial charge in [-0.05, 0) is 50.0 Å². The molecule has 1 saturated heterocycles. The molecule has 8 heteroatoms. The number of carbonyl (C=O) groups is 2. The van der Waals surface area contributed by atoms with Crippen molar-refractivity contribution in [2.75, 3.05) is 34.3 Å². The number of ketones is 1. The Hall–Kier alpha value is -3.03. The summed E-state index contributed by atoms with van der Waals surface area (Å²) >= 11 is 6.01. The number of aromatic hydroxyl groups is 1. The Bertz CT molecular complexity index is 1000. The van der Waals surface area contributed by atoms with Gasteiger partial charge in [-0.2, -0.15) is 0 Å². The third-order valence-electron chi connectivity index (χ3n) is 4.97. The van der Waals surface area contributed by atoms with Gasteiger partial charge in [-0.25, -0.2) is 0 Å².